The Bertz CT molecular complexity index is 3460. The Kier molecular flexibility index (Phi) is 9.81. The first-order valence-corrected chi connectivity index (χ1v) is 22.8. The van der Waals surface area contributed by atoms with Crippen LogP contribution < -0.4 is 4.90 Å². The minimum Gasteiger partial charge on any atom is -0.309 e. The second-order valence-electron chi connectivity index (χ2n) is 17.1. The molecule has 11 aromatic rings. The van der Waals surface area contributed by atoms with Gasteiger partial charge in [-0.3, -0.25) is 0 Å². The van der Waals surface area contributed by atoms with E-state index < -0.39 is 5.41 Å². The average molecular weight is 840 g/mol. The van der Waals surface area contributed by atoms with Gasteiger partial charge in [0.15, 0.2) is 0 Å². The summed E-state index contributed by atoms with van der Waals surface area (Å²) in [7, 11) is 0. The predicted molar refractivity (Wildman–Crippen MR) is 278 cm³/mol. The van der Waals surface area contributed by atoms with E-state index in [1.165, 1.54) is 72.0 Å². The van der Waals surface area contributed by atoms with Gasteiger partial charge in [0.25, 0.3) is 0 Å². The molecule has 0 heterocycles. The fourth-order valence-corrected chi connectivity index (χ4v) is 10.7. The van der Waals surface area contributed by atoms with E-state index in [9.17, 15) is 0 Å². The number of hydrogen-bond donors (Lipinski definition) is 0. The van der Waals surface area contributed by atoms with Crippen LogP contribution in [0.25, 0.3) is 66.4 Å². The molecule has 0 fully saturated rings. The highest BCUT2D eigenvalue weighted by Crippen LogP contribution is 2.57. The third kappa shape index (κ3) is 6.47. The van der Waals surface area contributed by atoms with E-state index in [-0.39, 0.29) is 0 Å². The van der Waals surface area contributed by atoms with Crippen LogP contribution in [0.2, 0.25) is 0 Å². The van der Waals surface area contributed by atoms with Crippen LogP contribution in [-0.4, -0.2) is 0 Å². The molecule has 1 nitrogen and oxygen atoms in total. The highest BCUT2D eigenvalue weighted by atomic mass is 15.1. The van der Waals surface area contributed by atoms with Crippen molar-refractivity contribution in [3.8, 4) is 55.6 Å². The molecule has 1 heteroatoms. The van der Waals surface area contributed by atoms with E-state index in [4.69, 9.17) is 0 Å². The summed E-state index contributed by atoms with van der Waals surface area (Å²) in [6.45, 7) is 0. The molecule has 0 bridgehead atoms. The smallest absolute Gasteiger partial charge is 0.0713 e. The molecule has 310 valence electrons. The van der Waals surface area contributed by atoms with Crippen LogP contribution in [0.4, 0.5) is 17.1 Å². The molecule has 11 aromatic carbocycles. The highest BCUT2D eigenvalue weighted by Gasteiger charge is 2.46. The predicted octanol–water partition coefficient (Wildman–Crippen LogP) is 17.3. The van der Waals surface area contributed by atoms with Crippen LogP contribution in [-0.2, 0) is 5.41 Å². The minimum atomic E-state index is -0.510. The van der Waals surface area contributed by atoms with Gasteiger partial charge in [0, 0.05) is 16.8 Å². The van der Waals surface area contributed by atoms with Crippen LogP contribution in [0.1, 0.15) is 22.3 Å². The molecule has 1 aliphatic rings. The van der Waals surface area contributed by atoms with Gasteiger partial charge in [-0.05, 0) is 108 Å². The maximum Gasteiger partial charge on any atom is 0.0713 e. The molecule has 0 N–H and O–H groups in total. The summed E-state index contributed by atoms with van der Waals surface area (Å²) in [6, 6.07) is 100. The lowest BCUT2D eigenvalue weighted by atomic mass is 9.67. The molecule has 66 heavy (non-hydrogen) atoms. The van der Waals surface area contributed by atoms with Crippen LogP contribution in [0.5, 0.6) is 0 Å². The van der Waals surface area contributed by atoms with Crippen molar-refractivity contribution in [3.05, 3.63) is 295 Å². The van der Waals surface area contributed by atoms with Crippen molar-refractivity contribution in [3.63, 3.8) is 0 Å². The van der Waals surface area contributed by atoms with E-state index in [1.54, 1.807) is 0 Å². The van der Waals surface area contributed by atoms with Gasteiger partial charge in [0.2, 0.25) is 0 Å². The Hall–Kier alpha value is -8.52. The van der Waals surface area contributed by atoms with Crippen molar-refractivity contribution in [1.29, 1.82) is 0 Å². The lowest BCUT2D eigenvalue weighted by molar-refractivity contribution is 0.769. The Morgan fingerprint density at radius 1 is 0.258 bits per heavy atom. The maximum atomic E-state index is 2.48. The van der Waals surface area contributed by atoms with Crippen molar-refractivity contribution in [2.75, 3.05) is 4.90 Å². The van der Waals surface area contributed by atoms with Gasteiger partial charge in [-0.15, -0.1) is 0 Å². The Balaban J connectivity index is 1.10. The van der Waals surface area contributed by atoms with E-state index >= 15 is 0 Å². The zero-order valence-corrected chi connectivity index (χ0v) is 36.4. The van der Waals surface area contributed by atoms with E-state index in [1.807, 2.05) is 0 Å². The van der Waals surface area contributed by atoms with Gasteiger partial charge in [-0.2, -0.15) is 0 Å². The first-order chi connectivity index (χ1) is 32.8. The lowest BCUT2D eigenvalue weighted by Gasteiger charge is -2.34. The van der Waals surface area contributed by atoms with Crippen molar-refractivity contribution in [2.45, 2.75) is 5.41 Å². The van der Waals surface area contributed by atoms with Crippen molar-refractivity contribution in [1.82, 2.24) is 0 Å². The molecule has 0 spiro atoms. The Morgan fingerprint density at radius 3 is 1.36 bits per heavy atom. The van der Waals surface area contributed by atoms with Gasteiger partial charge in [0.05, 0.1) is 16.8 Å². The zero-order chi connectivity index (χ0) is 43.9. The fourth-order valence-electron chi connectivity index (χ4n) is 10.7. The van der Waals surface area contributed by atoms with Gasteiger partial charge >= 0.3 is 0 Å². The topological polar surface area (TPSA) is 3.24 Å². The SMILES string of the molecule is c1ccc(-c2ccc(N(c3ccccc3-c3ccc4c(c3)C(c3ccccc3)(c3ccccc3)c3ccccc3-4)c3ccccc3-c3cccc4cccc(-c5ccccc5)c34)cc2)cc1. The van der Waals surface area contributed by atoms with Crippen molar-refractivity contribution in [2.24, 2.45) is 0 Å². The van der Waals surface area contributed by atoms with Gasteiger partial charge in [-0.25, -0.2) is 0 Å². The number of anilines is 3. The second kappa shape index (κ2) is 16.6. The quantitative estimate of drug-likeness (QED) is 0.140. The van der Waals surface area contributed by atoms with Gasteiger partial charge in [-0.1, -0.05) is 243 Å². The second-order valence-corrected chi connectivity index (χ2v) is 17.1. The summed E-state index contributed by atoms with van der Waals surface area (Å²) >= 11 is 0. The number of fused-ring (bicyclic) bond motifs is 4. The molecule has 0 aromatic heterocycles. The molecule has 12 rings (SSSR count). The lowest BCUT2D eigenvalue weighted by Crippen LogP contribution is -2.28. The molecule has 0 unspecified atom stereocenters. The summed E-state index contributed by atoms with van der Waals surface area (Å²) in [5, 5.41) is 2.45. The maximum absolute atomic E-state index is 2.48. The number of nitrogens with zero attached hydrogens (tertiary/aromatic N) is 1. The first-order valence-electron chi connectivity index (χ1n) is 22.8. The van der Waals surface area contributed by atoms with E-state index in [0.717, 1.165) is 33.8 Å². The highest BCUT2D eigenvalue weighted by molar-refractivity contribution is 6.09. The molecule has 0 saturated carbocycles. The van der Waals surface area contributed by atoms with E-state index in [0.29, 0.717) is 0 Å². The number of para-hydroxylation sites is 2. The van der Waals surface area contributed by atoms with Gasteiger partial charge < -0.3 is 4.90 Å². The van der Waals surface area contributed by atoms with Crippen molar-refractivity contribution < 1.29 is 0 Å². The van der Waals surface area contributed by atoms with Crippen LogP contribution in [0.15, 0.2) is 273 Å². The monoisotopic (exact) mass is 839 g/mol. The third-order valence-corrected chi connectivity index (χ3v) is 13.6. The largest absolute Gasteiger partial charge is 0.309 e. The Morgan fingerprint density at radius 2 is 0.712 bits per heavy atom. The average Bonchev–Trinajstić information content (AvgIpc) is 3.70. The minimum absolute atomic E-state index is 0.510. The molecule has 1 aliphatic carbocycles. The van der Waals surface area contributed by atoms with E-state index in [2.05, 4.69) is 278 Å². The van der Waals surface area contributed by atoms with Crippen LogP contribution in [0, 0.1) is 0 Å². The summed E-state index contributed by atoms with van der Waals surface area (Å²) in [6.07, 6.45) is 0. The summed E-state index contributed by atoms with van der Waals surface area (Å²) in [5.41, 5.74) is 19.9. The standard InChI is InChI=1S/C65H45N/c1-5-21-46(22-6-1)47-39-42-53(43-40-47)66(63-38-18-15-33-58(63)59-35-20-26-49-25-19-34-55(64(49)59)48-23-7-2-8-24-48)62-37-17-14-31-54(62)50-41-44-57-56-32-13-16-36-60(56)65(61(57)45-50,51-27-9-3-10-28-51)52-29-11-4-12-30-52/h1-45H. The first kappa shape index (κ1) is 39.1. The molecule has 0 amide bonds. The molecular formula is C65H45N. The number of hydrogen-bond acceptors (Lipinski definition) is 1. The summed E-state index contributed by atoms with van der Waals surface area (Å²) < 4.78 is 0. The molecule has 0 aliphatic heterocycles. The summed E-state index contributed by atoms with van der Waals surface area (Å²) in [4.78, 5) is 2.48. The van der Waals surface area contributed by atoms with Gasteiger partial charge in [0.1, 0.15) is 0 Å². The molecule has 0 atom stereocenters. The number of rotatable bonds is 9. The fraction of sp³-hybridized carbons (Fsp3) is 0.0154. The molecular weight excluding hydrogens is 795 g/mol. The zero-order valence-electron chi connectivity index (χ0n) is 36.4. The van der Waals surface area contributed by atoms with Crippen LogP contribution in [0.3, 0.4) is 0 Å². The third-order valence-electron chi connectivity index (χ3n) is 13.6. The molecule has 0 saturated heterocycles. The van der Waals surface area contributed by atoms with Crippen LogP contribution >= 0.6 is 0 Å². The normalized spacial score (nSPS) is 12.4. The van der Waals surface area contributed by atoms with Crippen molar-refractivity contribution >= 4 is 27.8 Å². The number of benzene rings is 11. The summed E-state index contributed by atoms with van der Waals surface area (Å²) in [5.74, 6) is 0. The Labute approximate surface area is 387 Å². The molecule has 0 radical (unpaired) electrons.